The van der Waals surface area contributed by atoms with Crippen molar-refractivity contribution in [3.8, 4) is 5.75 Å². The molecule has 0 aliphatic carbocycles. The van der Waals surface area contributed by atoms with E-state index >= 15 is 0 Å². The summed E-state index contributed by atoms with van der Waals surface area (Å²) in [4.78, 5) is 38.2. The van der Waals surface area contributed by atoms with Crippen molar-refractivity contribution in [2.24, 2.45) is 0 Å². The van der Waals surface area contributed by atoms with Crippen molar-refractivity contribution in [3.05, 3.63) is 59.8 Å². The van der Waals surface area contributed by atoms with Gasteiger partial charge in [-0.15, -0.1) is 0 Å². The van der Waals surface area contributed by atoms with Crippen LogP contribution in [-0.4, -0.2) is 35.8 Å². The van der Waals surface area contributed by atoms with Crippen LogP contribution in [0.25, 0.3) is 5.57 Å². The average Bonchev–Trinajstić information content (AvgIpc) is 2.97. The van der Waals surface area contributed by atoms with E-state index in [2.05, 4.69) is 10.6 Å². The zero-order valence-corrected chi connectivity index (χ0v) is 17.3. The molecule has 2 aromatic carbocycles. The van der Waals surface area contributed by atoms with Crippen molar-refractivity contribution in [1.82, 2.24) is 4.90 Å². The van der Waals surface area contributed by atoms with Crippen LogP contribution in [0, 0.1) is 0 Å². The highest BCUT2D eigenvalue weighted by atomic mass is 16.5. The number of amides is 3. The zero-order valence-electron chi connectivity index (χ0n) is 17.3. The predicted molar refractivity (Wildman–Crippen MR) is 116 cm³/mol. The summed E-state index contributed by atoms with van der Waals surface area (Å²) in [5.74, 6) is -0.146. The first-order valence-corrected chi connectivity index (χ1v) is 9.93. The van der Waals surface area contributed by atoms with E-state index in [-0.39, 0.29) is 30.0 Å². The molecule has 3 rings (SSSR count). The van der Waals surface area contributed by atoms with Crippen LogP contribution in [0.2, 0.25) is 0 Å². The number of ether oxygens (including phenoxy) is 1. The van der Waals surface area contributed by atoms with E-state index in [4.69, 9.17) is 4.74 Å². The number of rotatable bonds is 8. The SMILES string of the molecule is CCCOc1ccc(C2=C(Nc3ccc(NC(C)=O)cc3)C(=O)N(CC)C2=O)cc1. The average molecular weight is 407 g/mol. The number of likely N-dealkylation sites (N-methyl/N-ethyl adjacent to an activating group) is 1. The molecule has 2 aromatic rings. The molecular formula is C23H25N3O4. The molecule has 1 aliphatic rings. The molecule has 30 heavy (non-hydrogen) atoms. The van der Waals surface area contributed by atoms with Crippen molar-refractivity contribution < 1.29 is 19.1 Å². The van der Waals surface area contributed by atoms with Crippen LogP contribution in [-0.2, 0) is 14.4 Å². The van der Waals surface area contributed by atoms with E-state index in [1.54, 1.807) is 55.5 Å². The Hall–Kier alpha value is -3.61. The molecule has 2 N–H and O–H groups in total. The highest BCUT2D eigenvalue weighted by Gasteiger charge is 2.38. The predicted octanol–water partition coefficient (Wildman–Crippen LogP) is 3.65. The number of hydrogen-bond acceptors (Lipinski definition) is 5. The van der Waals surface area contributed by atoms with Crippen molar-refractivity contribution in [3.63, 3.8) is 0 Å². The van der Waals surface area contributed by atoms with Crippen molar-refractivity contribution in [2.45, 2.75) is 27.2 Å². The summed E-state index contributed by atoms with van der Waals surface area (Å²) in [5, 5.41) is 5.78. The first-order chi connectivity index (χ1) is 14.4. The van der Waals surface area contributed by atoms with Crippen molar-refractivity contribution >= 4 is 34.7 Å². The summed E-state index contributed by atoms with van der Waals surface area (Å²) < 4.78 is 5.60. The molecule has 1 heterocycles. The van der Waals surface area contributed by atoms with Gasteiger partial charge in [0.1, 0.15) is 11.4 Å². The molecule has 0 radical (unpaired) electrons. The minimum atomic E-state index is -0.366. The number of benzene rings is 2. The highest BCUT2D eigenvalue weighted by molar-refractivity contribution is 6.36. The Morgan fingerprint density at radius 2 is 1.57 bits per heavy atom. The third-order valence-electron chi connectivity index (χ3n) is 4.57. The second kappa shape index (κ2) is 9.26. The third-order valence-corrected chi connectivity index (χ3v) is 4.57. The number of nitrogens with zero attached hydrogens (tertiary/aromatic N) is 1. The van der Waals surface area contributed by atoms with Crippen molar-refractivity contribution in [1.29, 1.82) is 0 Å². The Balaban J connectivity index is 1.92. The lowest BCUT2D eigenvalue weighted by Crippen LogP contribution is -2.32. The summed E-state index contributed by atoms with van der Waals surface area (Å²) in [5.41, 5.74) is 2.49. The fourth-order valence-electron chi connectivity index (χ4n) is 3.17. The molecule has 0 saturated heterocycles. The number of hydrogen-bond donors (Lipinski definition) is 2. The smallest absolute Gasteiger partial charge is 0.278 e. The van der Waals surface area contributed by atoms with Gasteiger partial charge < -0.3 is 15.4 Å². The van der Waals surface area contributed by atoms with Crippen LogP contribution < -0.4 is 15.4 Å². The summed E-state index contributed by atoms with van der Waals surface area (Å²) >= 11 is 0. The Morgan fingerprint density at radius 3 is 2.13 bits per heavy atom. The van der Waals surface area contributed by atoms with Gasteiger partial charge in [-0.05, 0) is 55.3 Å². The lowest BCUT2D eigenvalue weighted by molar-refractivity contribution is -0.136. The number of carbonyl (C=O) groups is 3. The number of carbonyl (C=O) groups excluding carboxylic acids is 3. The molecule has 0 saturated carbocycles. The minimum absolute atomic E-state index is 0.165. The molecule has 0 aromatic heterocycles. The maximum Gasteiger partial charge on any atom is 0.278 e. The molecule has 0 bridgehead atoms. The largest absolute Gasteiger partial charge is 0.494 e. The van der Waals surface area contributed by atoms with E-state index in [9.17, 15) is 14.4 Å². The van der Waals surface area contributed by atoms with Gasteiger partial charge in [0.2, 0.25) is 5.91 Å². The van der Waals surface area contributed by atoms with E-state index in [1.165, 1.54) is 11.8 Å². The Labute approximate surface area is 175 Å². The summed E-state index contributed by atoms with van der Waals surface area (Å²) in [6.45, 7) is 6.13. The first kappa shape index (κ1) is 21.1. The quantitative estimate of drug-likeness (QED) is 0.652. The minimum Gasteiger partial charge on any atom is -0.494 e. The fourth-order valence-corrected chi connectivity index (χ4v) is 3.17. The molecule has 0 atom stereocenters. The van der Waals surface area contributed by atoms with Crippen LogP contribution in [0.3, 0.4) is 0 Å². The van der Waals surface area contributed by atoms with Crippen LogP contribution in [0.5, 0.6) is 5.75 Å². The second-order valence-electron chi connectivity index (χ2n) is 6.86. The van der Waals surface area contributed by atoms with Gasteiger partial charge in [0, 0.05) is 24.8 Å². The van der Waals surface area contributed by atoms with Gasteiger partial charge >= 0.3 is 0 Å². The molecule has 7 heteroatoms. The second-order valence-corrected chi connectivity index (χ2v) is 6.86. The van der Waals surface area contributed by atoms with Crippen molar-refractivity contribution in [2.75, 3.05) is 23.8 Å². The molecular weight excluding hydrogens is 382 g/mol. The van der Waals surface area contributed by atoms with Gasteiger partial charge in [0.15, 0.2) is 0 Å². The molecule has 156 valence electrons. The van der Waals surface area contributed by atoms with Gasteiger partial charge in [0.25, 0.3) is 11.8 Å². The van der Waals surface area contributed by atoms with Crippen LogP contribution in [0.4, 0.5) is 11.4 Å². The lowest BCUT2D eigenvalue weighted by Gasteiger charge is -2.12. The van der Waals surface area contributed by atoms with Gasteiger partial charge in [-0.3, -0.25) is 19.3 Å². The number of nitrogens with one attached hydrogen (secondary N) is 2. The normalized spacial score (nSPS) is 13.6. The van der Waals surface area contributed by atoms with Gasteiger partial charge in [0.05, 0.1) is 12.2 Å². The maximum absolute atomic E-state index is 12.9. The molecule has 0 unspecified atom stereocenters. The molecule has 7 nitrogen and oxygen atoms in total. The molecule has 0 fully saturated rings. The summed E-state index contributed by atoms with van der Waals surface area (Å²) in [7, 11) is 0. The van der Waals surface area contributed by atoms with Crippen LogP contribution >= 0.6 is 0 Å². The molecule has 3 amide bonds. The maximum atomic E-state index is 12.9. The number of anilines is 2. The monoisotopic (exact) mass is 407 g/mol. The summed E-state index contributed by atoms with van der Waals surface area (Å²) in [6.07, 6.45) is 0.903. The van der Waals surface area contributed by atoms with Gasteiger partial charge in [-0.25, -0.2) is 0 Å². The van der Waals surface area contributed by atoms with Crippen LogP contribution in [0.15, 0.2) is 54.2 Å². The topological polar surface area (TPSA) is 87.7 Å². The van der Waals surface area contributed by atoms with E-state index in [0.29, 0.717) is 34.9 Å². The Morgan fingerprint density at radius 1 is 0.933 bits per heavy atom. The molecule has 1 aliphatic heterocycles. The standard InChI is InChI=1S/C23H25N3O4/c1-4-14-30-19-12-6-16(7-13-19)20-21(23(29)26(5-2)22(20)28)25-18-10-8-17(9-11-18)24-15(3)27/h6-13,25H,4-5,14H2,1-3H3,(H,24,27). The first-order valence-electron chi connectivity index (χ1n) is 9.93. The fraction of sp³-hybridized carbons (Fsp3) is 0.261. The molecule has 0 spiro atoms. The highest BCUT2D eigenvalue weighted by Crippen LogP contribution is 2.31. The Kier molecular flexibility index (Phi) is 6.51. The van der Waals surface area contributed by atoms with Gasteiger partial charge in [-0.2, -0.15) is 0 Å². The van der Waals surface area contributed by atoms with Crippen LogP contribution in [0.1, 0.15) is 32.8 Å². The van der Waals surface area contributed by atoms with E-state index in [0.717, 1.165) is 6.42 Å². The Bertz CT molecular complexity index is 979. The van der Waals surface area contributed by atoms with Gasteiger partial charge in [-0.1, -0.05) is 19.1 Å². The third kappa shape index (κ3) is 4.51. The van der Waals surface area contributed by atoms with E-state index in [1.807, 2.05) is 6.92 Å². The zero-order chi connectivity index (χ0) is 21.7. The lowest BCUT2D eigenvalue weighted by atomic mass is 10.0. The van der Waals surface area contributed by atoms with E-state index < -0.39 is 0 Å². The number of imide groups is 1. The summed E-state index contributed by atoms with van der Waals surface area (Å²) in [6, 6.07) is 14.1.